The Kier molecular flexibility index (Phi) is 2.45. The number of fused-ring (bicyclic) bond motifs is 1. The van der Waals surface area contributed by atoms with E-state index in [0.29, 0.717) is 16.9 Å². The van der Waals surface area contributed by atoms with E-state index in [1.54, 1.807) is 36.5 Å². The zero-order valence-electron chi connectivity index (χ0n) is 9.29. The van der Waals surface area contributed by atoms with Crippen molar-refractivity contribution < 1.29 is 4.79 Å². The minimum absolute atomic E-state index is 0.224. The summed E-state index contributed by atoms with van der Waals surface area (Å²) in [5.74, 6) is 0.293. The van der Waals surface area contributed by atoms with Gasteiger partial charge < -0.3 is 5.32 Å². The van der Waals surface area contributed by atoms with Crippen LogP contribution in [0.25, 0.3) is 11.0 Å². The highest BCUT2D eigenvalue weighted by molar-refractivity contribution is 6.05. The molecule has 0 aliphatic heterocycles. The number of H-pyrrole nitrogens is 1. The molecule has 1 amide bonds. The van der Waals surface area contributed by atoms with E-state index in [-0.39, 0.29) is 5.91 Å². The lowest BCUT2D eigenvalue weighted by atomic mass is 10.2. The Morgan fingerprint density at radius 3 is 2.83 bits per heavy atom. The van der Waals surface area contributed by atoms with Crippen molar-refractivity contribution in [3.8, 4) is 0 Å². The number of carbonyl (C=O) groups is 1. The topological polar surface area (TPSA) is 83.6 Å². The number of nitrogens with zero attached hydrogens (tertiary/aromatic N) is 3. The molecule has 6 heteroatoms. The standard InChI is InChI=1S/C12H9N5O/c18-12(14-11-3-1-2-6-13-11)8-4-5-9-10(7-8)16-17-15-9/h1-7H,(H,13,14,18)(H,15,16,17). The summed E-state index contributed by atoms with van der Waals surface area (Å²) in [6.45, 7) is 0. The number of aromatic amines is 1. The first-order valence-electron chi connectivity index (χ1n) is 5.36. The third-order valence-electron chi connectivity index (χ3n) is 2.48. The van der Waals surface area contributed by atoms with Crippen LogP contribution in [-0.2, 0) is 0 Å². The van der Waals surface area contributed by atoms with Gasteiger partial charge >= 0.3 is 0 Å². The van der Waals surface area contributed by atoms with Crippen molar-refractivity contribution in [3.05, 3.63) is 48.2 Å². The second-order valence-electron chi connectivity index (χ2n) is 3.70. The number of pyridine rings is 1. The molecule has 0 aliphatic carbocycles. The van der Waals surface area contributed by atoms with Crippen LogP contribution in [0.3, 0.4) is 0 Å². The van der Waals surface area contributed by atoms with E-state index in [0.717, 1.165) is 5.52 Å². The van der Waals surface area contributed by atoms with Crippen molar-refractivity contribution in [2.75, 3.05) is 5.32 Å². The van der Waals surface area contributed by atoms with Crippen molar-refractivity contribution >= 4 is 22.8 Å². The maximum atomic E-state index is 12.0. The Morgan fingerprint density at radius 2 is 2.00 bits per heavy atom. The van der Waals surface area contributed by atoms with E-state index in [2.05, 4.69) is 25.7 Å². The summed E-state index contributed by atoms with van der Waals surface area (Å²) in [4.78, 5) is 16.0. The maximum absolute atomic E-state index is 12.0. The van der Waals surface area contributed by atoms with Gasteiger partial charge in [-0.25, -0.2) is 4.98 Å². The van der Waals surface area contributed by atoms with Gasteiger partial charge in [-0.15, -0.1) is 0 Å². The lowest BCUT2D eigenvalue weighted by Crippen LogP contribution is -2.12. The predicted molar refractivity (Wildman–Crippen MR) is 66.1 cm³/mol. The molecule has 3 rings (SSSR count). The molecule has 2 N–H and O–H groups in total. The van der Waals surface area contributed by atoms with Crippen molar-refractivity contribution in [2.45, 2.75) is 0 Å². The molecule has 0 radical (unpaired) electrons. The summed E-state index contributed by atoms with van der Waals surface area (Å²) in [5, 5.41) is 13.1. The number of benzene rings is 1. The Morgan fingerprint density at radius 1 is 1.11 bits per heavy atom. The number of rotatable bonds is 2. The summed E-state index contributed by atoms with van der Waals surface area (Å²) < 4.78 is 0. The van der Waals surface area contributed by atoms with Gasteiger partial charge in [-0.2, -0.15) is 15.4 Å². The van der Waals surface area contributed by atoms with Crippen LogP contribution < -0.4 is 5.32 Å². The summed E-state index contributed by atoms with van der Waals surface area (Å²) in [5.41, 5.74) is 1.90. The van der Waals surface area contributed by atoms with Crippen LogP contribution in [0, 0.1) is 0 Å². The molecular formula is C12H9N5O. The molecule has 2 aromatic heterocycles. The highest BCUT2D eigenvalue weighted by Gasteiger charge is 2.08. The van der Waals surface area contributed by atoms with Crippen LogP contribution in [0.2, 0.25) is 0 Å². The summed E-state index contributed by atoms with van der Waals surface area (Å²) in [6, 6.07) is 10.4. The monoisotopic (exact) mass is 239 g/mol. The zero-order valence-corrected chi connectivity index (χ0v) is 9.29. The average molecular weight is 239 g/mol. The summed E-state index contributed by atoms with van der Waals surface area (Å²) >= 11 is 0. The third-order valence-corrected chi connectivity index (χ3v) is 2.48. The van der Waals surface area contributed by atoms with E-state index >= 15 is 0 Å². The molecule has 88 valence electrons. The first kappa shape index (κ1) is 10.4. The van der Waals surface area contributed by atoms with Crippen LogP contribution in [0.1, 0.15) is 10.4 Å². The Balaban J connectivity index is 1.87. The number of aromatic nitrogens is 4. The van der Waals surface area contributed by atoms with Crippen molar-refractivity contribution in [2.24, 2.45) is 0 Å². The van der Waals surface area contributed by atoms with E-state index in [4.69, 9.17) is 0 Å². The first-order chi connectivity index (χ1) is 8.83. The number of carbonyl (C=O) groups excluding carboxylic acids is 1. The molecule has 6 nitrogen and oxygen atoms in total. The van der Waals surface area contributed by atoms with E-state index in [1.165, 1.54) is 0 Å². The zero-order chi connectivity index (χ0) is 12.4. The maximum Gasteiger partial charge on any atom is 0.256 e. The number of anilines is 1. The SMILES string of the molecule is O=C(Nc1ccccn1)c1ccc2n[nH]nc2c1. The highest BCUT2D eigenvalue weighted by atomic mass is 16.1. The van der Waals surface area contributed by atoms with Crippen molar-refractivity contribution in [1.29, 1.82) is 0 Å². The summed E-state index contributed by atoms with van der Waals surface area (Å²) in [7, 11) is 0. The van der Waals surface area contributed by atoms with Crippen molar-refractivity contribution in [3.63, 3.8) is 0 Å². The number of nitrogens with one attached hydrogen (secondary N) is 2. The first-order valence-corrected chi connectivity index (χ1v) is 5.36. The van der Waals surface area contributed by atoms with Crippen LogP contribution in [0.5, 0.6) is 0 Å². The fraction of sp³-hybridized carbons (Fsp3) is 0. The molecular weight excluding hydrogens is 230 g/mol. The van der Waals surface area contributed by atoms with Crippen molar-refractivity contribution in [1.82, 2.24) is 20.4 Å². The Hall–Kier alpha value is -2.76. The smallest absolute Gasteiger partial charge is 0.256 e. The van der Waals surface area contributed by atoms with Gasteiger partial charge in [-0.3, -0.25) is 4.79 Å². The molecule has 1 aromatic carbocycles. The quantitative estimate of drug-likeness (QED) is 0.711. The summed E-state index contributed by atoms with van der Waals surface area (Å²) in [6.07, 6.45) is 1.62. The minimum atomic E-state index is -0.224. The lowest BCUT2D eigenvalue weighted by Gasteiger charge is -2.03. The Labute approximate surface area is 102 Å². The molecule has 18 heavy (non-hydrogen) atoms. The van der Waals surface area contributed by atoms with E-state index < -0.39 is 0 Å². The molecule has 0 unspecified atom stereocenters. The molecule has 0 saturated carbocycles. The largest absolute Gasteiger partial charge is 0.307 e. The van der Waals surface area contributed by atoms with Gasteiger partial charge in [0.1, 0.15) is 16.9 Å². The Bertz CT molecular complexity index is 692. The van der Waals surface area contributed by atoms with Crippen LogP contribution >= 0.6 is 0 Å². The molecule has 3 aromatic rings. The molecule has 0 fully saturated rings. The lowest BCUT2D eigenvalue weighted by molar-refractivity contribution is 0.102. The van der Waals surface area contributed by atoms with Crippen LogP contribution in [0.15, 0.2) is 42.6 Å². The van der Waals surface area contributed by atoms with Gasteiger partial charge in [0, 0.05) is 11.8 Å². The third kappa shape index (κ3) is 1.91. The molecule has 0 spiro atoms. The van der Waals surface area contributed by atoms with Gasteiger partial charge in [0.25, 0.3) is 5.91 Å². The highest BCUT2D eigenvalue weighted by Crippen LogP contribution is 2.12. The van der Waals surface area contributed by atoms with E-state index in [9.17, 15) is 4.79 Å². The number of hydrogen-bond donors (Lipinski definition) is 2. The van der Waals surface area contributed by atoms with Gasteiger partial charge in [0.2, 0.25) is 0 Å². The fourth-order valence-corrected chi connectivity index (χ4v) is 1.61. The van der Waals surface area contributed by atoms with Gasteiger partial charge in [0.05, 0.1) is 0 Å². The van der Waals surface area contributed by atoms with Gasteiger partial charge in [-0.05, 0) is 30.3 Å². The average Bonchev–Trinajstić information content (AvgIpc) is 2.87. The van der Waals surface area contributed by atoms with Crippen LogP contribution in [0.4, 0.5) is 5.82 Å². The second kappa shape index (κ2) is 4.25. The normalized spacial score (nSPS) is 10.4. The number of hydrogen-bond acceptors (Lipinski definition) is 4. The molecule has 0 saturated heterocycles. The minimum Gasteiger partial charge on any atom is -0.307 e. The molecule has 2 heterocycles. The molecule has 0 atom stereocenters. The molecule has 0 bridgehead atoms. The predicted octanol–water partition coefficient (Wildman–Crippen LogP) is 1.61. The van der Waals surface area contributed by atoms with Gasteiger partial charge in [0.15, 0.2) is 0 Å². The van der Waals surface area contributed by atoms with E-state index in [1.807, 2.05) is 6.07 Å². The number of amides is 1. The molecule has 0 aliphatic rings. The van der Waals surface area contributed by atoms with Gasteiger partial charge in [-0.1, -0.05) is 6.07 Å². The van der Waals surface area contributed by atoms with Crippen LogP contribution in [-0.4, -0.2) is 26.3 Å². The fourth-order valence-electron chi connectivity index (χ4n) is 1.61. The second-order valence-corrected chi connectivity index (χ2v) is 3.70.